The second kappa shape index (κ2) is 30.3. The third kappa shape index (κ3) is 25.2. The summed E-state index contributed by atoms with van der Waals surface area (Å²) in [6.45, 7) is 2.42. The molecule has 0 radical (unpaired) electrons. The van der Waals surface area contributed by atoms with Crippen molar-refractivity contribution in [3.8, 4) is 0 Å². The monoisotopic (exact) mass is 783 g/mol. The predicted octanol–water partition coefficient (Wildman–Crippen LogP) is 7.45. The van der Waals surface area contributed by atoms with Crippen LogP contribution in [0.25, 0.3) is 0 Å². The first kappa shape index (κ1) is 49.1. The number of hydrogen-bond donors (Lipinski definition) is 4. The van der Waals surface area contributed by atoms with E-state index in [9.17, 15) is 33.7 Å². The Hall–Kier alpha value is -2.93. The number of carboxylic acid groups (broad SMARTS) is 1. The van der Waals surface area contributed by atoms with Crippen LogP contribution in [0.1, 0.15) is 129 Å². The number of carbonyl (C=O) groups excluding carboxylic acids is 3. The number of unbranched alkanes of at least 4 members (excludes halogenated alkanes) is 10. The van der Waals surface area contributed by atoms with Crippen molar-refractivity contribution in [2.45, 2.75) is 148 Å². The van der Waals surface area contributed by atoms with Crippen molar-refractivity contribution in [1.82, 2.24) is 0 Å². The Kier molecular flexibility index (Phi) is 27.6. The van der Waals surface area contributed by atoms with E-state index < -0.39 is 63.8 Å². The molecule has 308 valence electrons. The van der Waals surface area contributed by atoms with E-state index in [-0.39, 0.29) is 30.5 Å². The van der Waals surface area contributed by atoms with E-state index in [0.717, 1.165) is 57.8 Å². The third-order valence-electron chi connectivity index (χ3n) is 8.80. The highest BCUT2D eigenvalue weighted by molar-refractivity contribution is 7.47. The molecule has 14 heteroatoms. The van der Waals surface area contributed by atoms with Crippen LogP contribution >= 0.6 is 7.82 Å². The molecular weight excluding hydrogens is 717 g/mol. The summed E-state index contributed by atoms with van der Waals surface area (Å²) in [7, 11) is -4.77. The van der Waals surface area contributed by atoms with Crippen LogP contribution in [0.15, 0.2) is 48.6 Å². The predicted molar refractivity (Wildman–Crippen MR) is 207 cm³/mol. The van der Waals surface area contributed by atoms with E-state index in [1.165, 1.54) is 12.8 Å². The first-order valence-corrected chi connectivity index (χ1v) is 21.2. The second-order valence-electron chi connectivity index (χ2n) is 13.7. The third-order valence-corrected chi connectivity index (χ3v) is 9.75. The van der Waals surface area contributed by atoms with E-state index in [4.69, 9.17) is 24.8 Å². The van der Waals surface area contributed by atoms with Gasteiger partial charge in [0.2, 0.25) is 0 Å². The maximum Gasteiger partial charge on any atom is 0.472 e. The Balaban J connectivity index is 2.54. The summed E-state index contributed by atoms with van der Waals surface area (Å²) >= 11 is 0. The largest absolute Gasteiger partial charge is 0.480 e. The first-order chi connectivity index (χ1) is 25.9. The van der Waals surface area contributed by atoms with Crippen LogP contribution in [0, 0.1) is 11.8 Å². The Labute approximate surface area is 322 Å². The zero-order chi connectivity index (χ0) is 40.0. The molecule has 0 saturated carbocycles. The SMILES string of the molecule is CCCC/C=C\CCCCCCCC(=O)OC[C@H](COP(=O)(O)OC[C@H](N)C(=O)O)OC(=O)CCC/C=C\C[C@H]1C=CC(=O)[C@@H]1/C=C/[C@@H](O)CCCCC. The molecule has 1 rings (SSSR count). The summed E-state index contributed by atoms with van der Waals surface area (Å²) in [5.41, 5.74) is 5.31. The molecule has 1 aliphatic carbocycles. The van der Waals surface area contributed by atoms with E-state index >= 15 is 0 Å². The van der Waals surface area contributed by atoms with Crippen molar-refractivity contribution in [3.63, 3.8) is 0 Å². The molecule has 13 nitrogen and oxygen atoms in total. The normalized spacial score (nSPS) is 18.7. The van der Waals surface area contributed by atoms with Gasteiger partial charge in [-0.05, 0) is 63.4 Å². The minimum atomic E-state index is -4.77. The number of nitrogens with two attached hydrogens (primary N) is 1. The first-order valence-electron chi connectivity index (χ1n) is 19.7. The zero-order valence-electron chi connectivity index (χ0n) is 32.4. The molecule has 1 unspecified atom stereocenters. The number of aliphatic hydroxyl groups excluding tert-OH is 1. The minimum Gasteiger partial charge on any atom is -0.480 e. The lowest BCUT2D eigenvalue weighted by molar-refractivity contribution is -0.161. The summed E-state index contributed by atoms with van der Waals surface area (Å²) < 4.78 is 32.5. The van der Waals surface area contributed by atoms with E-state index in [0.29, 0.717) is 32.1 Å². The quantitative estimate of drug-likeness (QED) is 0.0221. The Morgan fingerprint density at radius 1 is 0.833 bits per heavy atom. The standard InChI is InChI=1S/C40H66NO12P/c1-3-5-7-8-9-10-11-12-13-14-19-23-38(44)50-29-34(30-51-54(48,49)52-31-36(41)40(46)47)53-39(45)24-20-16-15-18-21-32-25-28-37(43)35(32)27-26-33(42)22-17-6-4-2/h8-9,15,18,25-28,32-36,42H,3-7,10-14,16-17,19-24,29-31,41H2,1-2H3,(H,46,47)(H,48,49)/b9-8-,18-15-,27-26+/t32-,33-,34+,35+,36-/m0/s1. The van der Waals surface area contributed by atoms with Gasteiger partial charge in [-0.15, -0.1) is 0 Å². The number of aliphatic carboxylic acids is 1. The van der Waals surface area contributed by atoms with Crippen molar-refractivity contribution >= 4 is 31.5 Å². The number of hydrogen-bond acceptors (Lipinski definition) is 11. The van der Waals surface area contributed by atoms with Gasteiger partial charge in [0.1, 0.15) is 12.6 Å². The number of ketones is 1. The fraction of sp³-hybridized carbons (Fsp3) is 0.700. The molecule has 0 bridgehead atoms. The molecule has 0 aromatic rings. The van der Waals surface area contributed by atoms with E-state index in [2.05, 4.69) is 30.5 Å². The van der Waals surface area contributed by atoms with Crippen LogP contribution in [0.5, 0.6) is 0 Å². The van der Waals surface area contributed by atoms with Crippen LogP contribution in [0.4, 0.5) is 0 Å². The fourth-order valence-corrected chi connectivity index (χ4v) is 6.28. The fourth-order valence-electron chi connectivity index (χ4n) is 5.51. The van der Waals surface area contributed by atoms with Gasteiger partial charge in [-0.3, -0.25) is 28.2 Å². The zero-order valence-corrected chi connectivity index (χ0v) is 33.3. The van der Waals surface area contributed by atoms with Crippen molar-refractivity contribution in [1.29, 1.82) is 0 Å². The summed E-state index contributed by atoms with van der Waals surface area (Å²) in [5.74, 6) is -2.89. The highest BCUT2D eigenvalue weighted by atomic mass is 31.2. The van der Waals surface area contributed by atoms with Crippen molar-refractivity contribution < 1.29 is 57.4 Å². The summed E-state index contributed by atoms with van der Waals surface area (Å²) in [5, 5.41) is 19.1. The molecule has 6 atom stereocenters. The Morgan fingerprint density at radius 2 is 1.46 bits per heavy atom. The number of esters is 2. The van der Waals surface area contributed by atoms with E-state index in [1.807, 2.05) is 18.2 Å². The number of carboxylic acids is 1. The average Bonchev–Trinajstić information content (AvgIpc) is 3.49. The number of phosphoric ester groups is 1. The van der Waals surface area contributed by atoms with Crippen molar-refractivity contribution in [2.24, 2.45) is 17.6 Å². The van der Waals surface area contributed by atoms with E-state index in [1.54, 1.807) is 18.2 Å². The molecule has 1 aliphatic rings. The molecule has 0 amide bonds. The lowest BCUT2D eigenvalue weighted by Crippen LogP contribution is -2.34. The van der Waals surface area contributed by atoms with Gasteiger partial charge in [0.15, 0.2) is 11.9 Å². The molecular formula is C40H66NO12P. The average molecular weight is 784 g/mol. The summed E-state index contributed by atoms with van der Waals surface area (Å²) in [6, 6.07) is -1.56. The summed E-state index contributed by atoms with van der Waals surface area (Å²) in [6.07, 6.45) is 28.2. The smallest absolute Gasteiger partial charge is 0.472 e. The van der Waals surface area contributed by atoms with Crippen LogP contribution in [0.3, 0.4) is 0 Å². The number of carbonyl (C=O) groups is 4. The molecule has 0 aromatic heterocycles. The molecule has 0 aliphatic heterocycles. The van der Waals surface area contributed by atoms with Gasteiger partial charge in [0.05, 0.1) is 19.3 Å². The van der Waals surface area contributed by atoms with Gasteiger partial charge in [-0.2, -0.15) is 0 Å². The molecule has 0 fully saturated rings. The summed E-state index contributed by atoms with van der Waals surface area (Å²) in [4.78, 5) is 58.3. The lowest BCUT2D eigenvalue weighted by atomic mass is 9.90. The van der Waals surface area contributed by atoms with Gasteiger partial charge in [0.25, 0.3) is 0 Å². The van der Waals surface area contributed by atoms with Crippen LogP contribution in [0.2, 0.25) is 0 Å². The second-order valence-corrected chi connectivity index (χ2v) is 15.2. The van der Waals surface area contributed by atoms with Crippen LogP contribution in [-0.2, 0) is 42.3 Å². The van der Waals surface area contributed by atoms with Crippen molar-refractivity contribution in [3.05, 3.63) is 48.6 Å². The molecule has 54 heavy (non-hydrogen) atoms. The molecule has 0 spiro atoms. The van der Waals surface area contributed by atoms with Crippen LogP contribution in [-0.4, -0.2) is 76.9 Å². The van der Waals surface area contributed by atoms with Gasteiger partial charge >= 0.3 is 25.7 Å². The van der Waals surface area contributed by atoms with Gasteiger partial charge in [-0.25, -0.2) is 4.57 Å². The van der Waals surface area contributed by atoms with Crippen LogP contribution < -0.4 is 5.73 Å². The van der Waals surface area contributed by atoms with Gasteiger partial charge < -0.3 is 30.3 Å². The highest BCUT2D eigenvalue weighted by Gasteiger charge is 2.29. The molecule has 5 N–H and O–H groups in total. The number of rotatable bonds is 33. The maximum atomic E-state index is 12.7. The number of ether oxygens (including phenoxy) is 2. The molecule has 0 aromatic carbocycles. The Bertz CT molecular complexity index is 1250. The maximum absolute atomic E-state index is 12.7. The molecule has 0 saturated heterocycles. The van der Waals surface area contributed by atoms with Gasteiger partial charge in [0, 0.05) is 18.8 Å². The van der Waals surface area contributed by atoms with Gasteiger partial charge in [-0.1, -0.05) is 108 Å². The number of allylic oxidation sites excluding steroid dienone is 7. The minimum absolute atomic E-state index is 0.00711. The van der Waals surface area contributed by atoms with Crippen molar-refractivity contribution in [2.75, 3.05) is 19.8 Å². The highest BCUT2D eigenvalue weighted by Crippen LogP contribution is 2.43. The molecule has 0 heterocycles. The topological polar surface area (TPSA) is 209 Å². The number of phosphoric acid groups is 1. The lowest BCUT2D eigenvalue weighted by Gasteiger charge is -2.20. The Morgan fingerprint density at radius 3 is 2.19 bits per heavy atom. The number of aliphatic hydroxyl groups is 1.